The summed E-state index contributed by atoms with van der Waals surface area (Å²) in [6, 6.07) is 6.93. The maximum Gasteiger partial charge on any atom is 0.123 e. The van der Waals surface area contributed by atoms with Gasteiger partial charge in [-0.3, -0.25) is 4.21 Å². The summed E-state index contributed by atoms with van der Waals surface area (Å²) in [5, 5.41) is 8.13. The van der Waals surface area contributed by atoms with Crippen LogP contribution in [0.5, 0.6) is 5.75 Å². The minimum Gasteiger partial charge on any atom is -0.494 e. The highest BCUT2D eigenvalue weighted by atomic mass is 32.2. The molecule has 0 aliphatic carbocycles. The molecule has 0 bridgehead atoms. The molecule has 2 N–H and O–H groups in total. The minimum absolute atomic E-state index is 0.420. The molecule has 0 fully saturated rings. The van der Waals surface area contributed by atoms with Crippen molar-refractivity contribution in [3.05, 3.63) is 18.2 Å². The Bertz CT molecular complexity index is 440. The highest BCUT2D eigenvalue weighted by Crippen LogP contribution is 2.24. The van der Waals surface area contributed by atoms with E-state index in [1.165, 1.54) is 0 Å². The molecule has 2 unspecified atom stereocenters. The fraction of sp³-hybridized carbons (Fsp3) is 0.364. The van der Waals surface area contributed by atoms with E-state index in [2.05, 4.69) is 0 Å². The van der Waals surface area contributed by atoms with Gasteiger partial charge in [0.1, 0.15) is 11.0 Å². The average Bonchev–Trinajstić information content (AvgIpc) is 2.30. The second-order valence-electron chi connectivity index (χ2n) is 3.20. The molecule has 0 aliphatic rings. The Morgan fingerprint density at radius 3 is 2.88 bits per heavy atom. The molecular formula is C11H14N2O2S. The van der Waals surface area contributed by atoms with E-state index < -0.39 is 16.0 Å². The number of nitrogens with zero attached hydrogens (tertiary/aromatic N) is 1. The van der Waals surface area contributed by atoms with Crippen molar-refractivity contribution in [3.8, 4) is 11.8 Å². The summed E-state index contributed by atoms with van der Waals surface area (Å²) in [6.07, 6.45) is 0. The predicted molar refractivity (Wildman–Crippen MR) is 63.5 cm³/mol. The molecule has 0 amide bonds. The van der Waals surface area contributed by atoms with Gasteiger partial charge in [-0.1, -0.05) is 0 Å². The topological polar surface area (TPSA) is 76.1 Å². The van der Waals surface area contributed by atoms with Crippen molar-refractivity contribution >= 4 is 16.5 Å². The van der Waals surface area contributed by atoms with Crippen molar-refractivity contribution in [1.82, 2.24) is 0 Å². The molecule has 1 aromatic rings. The van der Waals surface area contributed by atoms with Gasteiger partial charge in [0.15, 0.2) is 0 Å². The summed E-state index contributed by atoms with van der Waals surface area (Å²) in [4.78, 5) is 0.458. The van der Waals surface area contributed by atoms with Crippen LogP contribution in [0.3, 0.4) is 0 Å². The molecule has 5 heteroatoms. The third kappa shape index (κ3) is 2.74. The highest BCUT2D eigenvalue weighted by molar-refractivity contribution is 7.86. The van der Waals surface area contributed by atoms with Gasteiger partial charge in [0.05, 0.1) is 28.4 Å². The fourth-order valence-electron chi connectivity index (χ4n) is 1.18. The first-order valence-corrected chi connectivity index (χ1v) is 6.14. The molecule has 0 spiro atoms. The third-order valence-electron chi connectivity index (χ3n) is 2.02. The number of benzene rings is 1. The summed E-state index contributed by atoms with van der Waals surface area (Å²) >= 11 is 0. The summed E-state index contributed by atoms with van der Waals surface area (Å²) in [7, 11) is -1.42. The zero-order valence-electron chi connectivity index (χ0n) is 9.27. The summed E-state index contributed by atoms with van der Waals surface area (Å²) < 4.78 is 17.2. The van der Waals surface area contributed by atoms with Gasteiger partial charge in [-0.25, -0.2) is 0 Å². The first-order chi connectivity index (χ1) is 7.60. The number of hydrogen-bond acceptors (Lipinski definition) is 4. The number of rotatable bonds is 4. The van der Waals surface area contributed by atoms with Crippen molar-refractivity contribution in [3.63, 3.8) is 0 Å². The number of nitrogens with two attached hydrogens (primary N) is 1. The monoisotopic (exact) mass is 238 g/mol. The van der Waals surface area contributed by atoms with Crippen molar-refractivity contribution in [2.24, 2.45) is 0 Å². The molecule has 86 valence electrons. The maximum atomic E-state index is 11.9. The quantitative estimate of drug-likeness (QED) is 0.810. The first-order valence-electron chi connectivity index (χ1n) is 4.92. The normalized spacial score (nSPS) is 13.8. The molecule has 0 saturated carbocycles. The van der Waals surface area contributed by atoms with Crippen molar-refractivity contribution < 1.29 is 8.95 Å². The van der Waals surface area contributed by atoms with Crippen molar-refractivity contribution in [2.45, 2.75) is 24.0 Å². The zero-order chi connectivity index (χ0) is 12.1. The van der Waals surface area contributed by atoms with Gasteiger partial charge in [0.2, 0.25) is 0 Å². The van der Waals surface area contributed by atoms with E-state index in [1.807, 2.05) is 13.0 Å². The van der Waals surface area contributed by atoms with Crippen LogP contribution in [0.15, 0.2) is 23.1 Å². The van der Waals surface area contributed by atoms with E-state index in [0.717, 1.165) is 0 Å². The lowest BCUT2D eigenvalue weighted by atomic mass is 10.3. The molecule has 4 nitrogen and oxygen atoms in total. The number of nitriles is 1. The average molecular weight is 238 g/mol. The molecule has 0 aromatic heterocycles. The van der Waals surface area contributed by atoms with Gasteiger partial charge in [-0.05, 0) is 32.0 Å². The van der Waals surface area contributed by atoms with Gasteiger partial charge >= 0.3 is 0 Å². The number of anilines is 1. The molecular weight excluding hydrogens is 224 g/mol. The van der Waals surface area contributed by atoms with Crippen LogP contribution in [-0.2, 0) is 10.8 Å². The second kappa shape index (κ2) is 5.52. The van der Waals surface area contributed by atoms with E-state index >= 15 is 0 Å². The Morgan fingerprint density at radius 1 is 1.62 bits per heavy atom. The van der Waals surface area contributed by atoms with Crippen LogP contribution in [0.2, 0.25) is 0 Å². The van der Waals surface area contributed by atoms with Crippen LogP contribution in [0.1, 0.15) is 13.8 Å². The van der Waals surface area contributed by atoms with Crippen molar-refractivity contribution in [2.75, 3.05) is 12.3 Å². The van der Waals surface area contributed by atoms with Crippen LogP contribution in [0.4, 0.5) is 5.69 Å². The van der Waals surface area contributed by atoms with E-state index in [-0.39, 0.29) is 0 Å². The fourth-order valence-corrected chi connectivity index (χ4v) is 2.19. The van der Waals surface area contributed by atoms with E-state index in [1.54, 1.807) is 25.1 Å². The van der Waals surface area contributed by atoms with E-state index in [9.17, 15) is 4.21 Å². The van der Waals surface area contributed by atoms with Crippen LogP contribution in [-0.4, -0.2) is 16.1 Å². The number of hydrogen-bond donors (Lipinski definition) is 1. The highest BCUT2D eigenvalue weighted by Gasteiger charge is 2.16. The summed E-state index contributed by atoms with van der Waals surface area (Å²) in [5.74, 6) is 0.616. The molecule has 2 atom stereocenters. The van der Waals surface area contributed by atoms with Crippen LogP contribution in [0, 0.1) is 11.3 Å². The largest absolute Gasteiger partial charge is 0.494 e. The summed E-state index contributed by atoms with van der Waals surface area (Å²) in [5.41, 5.74) is 6.14. The maximum absolute atomic E-state index is 11.9. The van der Waals surface area contributed by atoms with Gasteiger partial charge in [-0.2, -0.15) is 5.26 Å². The Morgan fingerprint density at radius 2 is 2.31 bits per heavy atom. The van der Waals surface area contributed by atoms with Crippen molar-refractivity contribution in [1.29, 1.82) is 5.26 Å². The SMILES string of the molecule is CCOc1ccc(N)c(S(=O)C(C)C#N)c1. The predicted octanol–water partition coefficient (Wildman–Crippen LogP) is 1.69. The number of nitrogen functional groups attached to an aromatic ring is 1. The van der Waals surface area contributed by atoms with E-state index in [4.69, 9.17) is 15.7 Å². The van der Waals surface area contributed by atoms with E-state index in [0.29, 0.717) is 22.9 Å². The van der Waals surface area contributed by atoms with Gasteiger partial charge < -0.3 is 10.5 Å². The Balaban J connectivity index is 3.08. The Labute approximate surface area is 97.5 Å². The third-order valence-corrected chi connectivity index (χ3v) is 3.55. The Hall–Kier alpha value is -1.54. The lowest BCUT2D eigenvalue weighted by Gasteiger charge is -2.09. The van der Waals surface area contributed by atoms with Gasteiger partial charge in [0, 0.05) is 5.69 Å². The minimum atomic E-state index is -1.42. The lowest BCUT2D eigenvalue weighted by Crippen LogP contribution is -2.10. The van der Waals surface area contributed by atoms with Crippen LogP contribution in [0.25, 0.3) is 0 Å². The standard InChI is InChI=1S/C11H14N2O2S/c1-3-15-9-4-5-10(13)11(6-9)16(14)8(2)7-12/h4-6,8H,3,13H2,1-2H3. The summed E-state index contributed by atoms with van der Waals surface area (Å²) in [6.45, 7) is 4.00. The molecule has 1 aromatic carbocycles. The smallest absolute Gasteiger partial charge is 0.123 e. The first kappa shape index (κ1) is 12.5. The molecule has 1 rings (SSSR count). The lowest BCUT2D eigenvalue weighted by molar-refractivity contribution is 0.339. The van der Waals surface area contributed by atoms with Crippen LogP contribution >= 0.6 is 0 Å². The number of ether oxygens (including phenoxy) is 1. The zero-order valence-corrected chi connectivity index (χ0v) is 10.1. The van der Waals surface area contributed by atoms with Gasteiger partial charge in [-0.15, -0.1) is 0 Å². The Kier molecular flexibility index (Phi) is 4.32. The molecule has 0 aliphatic heterocycles. The molecule has 0 heterocycles. The van der Waals surface area contributed by atoms with Crippen LogP contribution < -0.4 is 10.5 Å². The molecule has 0 radical (unpaired) electrons. The second-order valence-corrected chi connectivity index (χ2v) is 4.94. The molecule has 0 saturated heterocycles. The van der Waals surface area contributed by atoms with Gasteiger partial charge in [0.25, 0.3) is 0 Å². The molecule has 16 heavy (non-hydrogen) atoms.